The average Bonchev–Trinajstić information content (AvgIpc) is 2.75. The van der Waals surface area contributed by atoms with Gasteiger partial charge in [-0.1, -0.05) is 22.9 Å². The molecule has 3 rings (SSSR count). The van der Waals surface area contributed by atoms with Crippen molar-refractivity contribution < 1.29 is 13.3 Å². The van der Waals surface area contributed by atoms with Crippen LogP contribution in [0, 0.1) is 18.8 Å². The van der Waals surface area contributed by atoms with Gasteiger partial charge in [0.15, 0.2) is 0 Å². The van der Waals surface area contributed by atoms with Gasteiger partial charge in [0, 0.05) is 19.0 Å². The standard InChI is InChI=1S/C14H18N2O3S/c1-10-3-5-12(6-4-10)20(17,18)16-8-11-7-14(15-19-2)13(11)9-16/h3-6,11,13H,7-9H2,1-2H3. The maximum Gasteiger partial charge on any atom is 0.243 e. The maximum atomic E-state index is 12.6. The van der Waals surface area contributed by atoms with Crippen LogP contribution in [0.2, 0.25) is 0 Å². The number of rotatable bonds is 3. The minimum Gasteiger partial charge on any atom is -0.399 e. The fourth-order valence-electron chi connectivity index (χ4n) is 2.95. The molecule has 0 spiro atoms. The molecule has 0 radical (unpaired) electrons. The number of benzene rings is 1. The highest BCUT2D eigenvalue weighted by atomic mass is 32.2. The second-order valence-electron chi connectivity index (χ2n) is 5.47. The molecule has 20 heavy (non-hydrogen) atoms. The van der Waals surface area contributed by atoms with E-state index in [1.54, 1.807) is 16.4 Å². The Morgan fingerprint density at radius 2 is 1.95 bits per heavy atom. The highest BCUT2D eigenvalue weighted by Crippen LogP contribution is 2.40. The molecule has 1 saturated heterocycles. The molecule has 2 unspecified atom stereocenters. The normalized spacial score (nSPS) is 28.2. The van der Waals surface area contributed by atoms with Crippen molar-refractivity contribution in [2.75, 3.05) is 20.2 Å². The zero-order valence-corrected chi connectivity index (χ0v) is 12.4. The van der Waals surface area contributed by atoms with E-state index in [0.29, 0.717) is 23.9 Å². The third-order valence-corrected chi connectivity index (χ3v) is 6.02. The minimum absolute atomic E-state index is 0.232. The lowest BCUT2D eigenvalue weighted by Crippen LogP contribution is -2.36. The van der Waals surface area contributed by atoms with Crippen LogP contribution in [-0.4, -0.2) is 38.6 Å². The van der Waals surface area contributed by atoms with E-state index >= 15 is 0 Å². The van der Waals surface area contributed by atoms with Crippen LogP contribution >= 0.6 is 0 Å². The van der Waals surface area contributed by atoms with Crippen molar-refractivity contribution >= 4 is 15.7 Å². The van der Waals surface area contributed by atoms with E-state index in [2.05, 4.69) is 5.16 Å². The first-order valence-corrected chi connectivity index (χ1v) is 8.13. The molecule has 1 aromatic carbocycles. The summed E-state index contributed by atoms with van der Waals surface area (Å²) in [5.41, 5.74) is 2.04. The van der Waals surface area contributed by atoms with Crippen LogP contribution in [0.15, 0.2) is 34.3 Å². The maximum absolute atomic E-state index is 12.6. The Balaban J connectivity index is 1.81. The summed E-state index contributed by atoms with van der Waals surface area (Å²) in [4.78, 5) is 5.16. The molecule has 5 nitrogen and oxygen atoms in total. The van der Waals surface area contributed by atoms with E-state index in [1.165, 1.54) is 7.11 Å². The van der Waals surface area contributed by atoms with Crippen molar-refractivity contribution in [1.82, 2.24) is 4.31 Å². The lowest BCUT2D eigenvalue weighted by atomic mass is 9.74. The summed E-state index contributed by atoms with van der Waals surface area (Å²) in [7, 11) is -1.86. The van der Waals surface area contributed by atoms with Gasteiger partial charge in [-0.3, -0.25) is 0 Å². The molecule has 1 heterocycles. The van der Waals surface area contributed by atoms with Crippen molar-refractivity contribution in [1.29, 1.82) is 0 Å². The summed E-state index contributed by atoms with van der Waals surface area (Å²) >= 11 is 0. The largest absolute Gasteiger partial charge is 0.399 e. The fourth-order valence-corrected chi connectivity index (χ4v) is 4.48. The Hall–Kier alpha value is -1.40. The van der Waals surface area contributed by atoms with Gasteiger partial charge in [0.25, 0.3) is 0 Å². The topological polar surface area (TPSA) is 59.0 Å². The van der Waals surface area contributed by atoms with Gasteiger partial charge in [-0.25, -0.2) is 8.42 Å². The molecule has 2 atom stereocenters. The predicted molar refractivity (Wildman–Crippen MR) is 76.0 cm³/mol. The van der Waals surface area contributed by atoms with E-state index in [4.69, 9.17) is 4.84 Å². The molecule has 0 N–H and O–H groups in total. The van der Waals surface area contributed by atoms with E-state index < -0.39 is 10.0 Å². The molecule has 1 aliphatic heterocycles. The van der Waals surface area contributed by atoms with Gasteiger partial charge in [-0.2, -0.15) is 4.31 Å². The number of hydrogen-bond acceptors (Lipinski definition) is 4. The molecular formula is C14H18N2O3S. The Labute approximate surface area is 119 Å². The van der Waals surface area contributed by atoms with E-state index in [0.717, 1.165) is 17.7 Å². The fraction of sp³-hybridized carbons (Fsp3) is 0.500. The number of nitrogens with zero attached hydrogens (tertiary/aromatic N) is 2. The van der Waals surface area contributed by atoms with Crippen LogP contribution in [0.1, 0.15) is 12.0 Å². The molecule has 0 bridgehead atoms. The van der Waals surface area contributed by atoms with Gasteiger partial charge < -0.3 is 4.84 Å². The molecule has 6 heteroatoms. The zero-order chi connectivity index (χ0) is 14.3. The predicted octanol–water partition coefficient (Wildman–Crippen LogP) is 1.64. The number of sulfonamides is 1. The molecule has 1 aliphatic carbocycles. The lowest BCUT2D eigenvalue weighted by Gasteiger charge is -2.29. The van der Waals surface area contributed by atoms with Crippen LogP contribution in [0.3, 0.4) is 0 Å². The highest BCUT2D eigenvalue weighted by Gasteiger charge is 2.48. The van der Waals surface area contributed by atoms with Crippen LogP contribution < -0.4 is 0 Å². The van der Waals surface area contributed by atoms with Crippen LogP contribution in [0.4, 0.5) is 0 Å². The SMILES string of the molecule is CON=C1CC2CN(S(=O)(=O)c3ccc(C)cc3)CC12. The quantitative estimate of drug-likeness (QED) is 0.796. The van der Waals surface area contributed by atoms with Crippen molar-refractivity contribution in [3.05, 3.63) is 29.8 Å². The van der Waals surface area contributed by atoms with E-state index in [9.17, 15) is 8.42 Å². The number of oxime groups is 1. The van der Waals surface area contributed by atoms with Gasteiger partial charge in [0.05, 0.1) is 10.6 Å². The number of hydrogen-bond donors (Lipinski definition) is 0. The van der Waals surface area contributed by atoms with Crippen molar-refractivity contribution in [2.45, 2.75) is 18.2 Å². The summed E-state index contributed by atoms with van der Waals surface area (Å²) in [6, 6.07) is 7.01. The monoisotopic (exact) mass is 294 g/mol. The molecule has 2 fully saturated rings. The Bertz CT molecular complexity index is 637. The Morgan fingerprint density at radius 1 is 1.25 bits per heavy atom. The summed E-state index contributed by atoms with van der Waals surface area (Å²) < 4.78 is 26.7. The van der Waals surface area contributed by atoms with Crippen LogP contribution in [-0.2, 0) is 14.9 Å². The smallest absolute Gasteiger partial charge is 0.243 e. The molecule has 0 aromatic heterocycles. The van der Waals surface area contributed by atoms with Gasteiger partial charge >= 0.3 is 0 Å². The molecule has 108 valence electrons. The Kier molecular flexibility index (Phi) is 3.30. The number of fused-ring (bicyclic) bond motifs is 1. The Morgan fingerprint density at radius 3 is 2.60 bits per heavy atom. The highest BCUT2D eigenvalue weighted by molar-refractivity contribution is 7.89. The van der Waals surface area contributed by atoms with Crippen molar-refractivity contribution in [3.63, 3.8) is 0 Å². The second kappa shape index (κ2) is 4.86. The first-order chi connectivity index (χ1) is 9.52. The van der Waals surface area contributed by atoms with E-state index in [1.807, 2.05) is 19.1 Å². The van der Waals surface area contributed by atoms with Crippen molar-refractivity contribution in [3.8, 4) is 0 Å². The summed E-state index contributed by atoms with van der Waals surface area (Å²) in [6.45, 7) is 3.05. The second-order valence-corrected chi connectivity index (χ2v) is 7.41. The average molecular weight is 294 g/mol. The summed E-state index contributed by atoms with van der Waals surface area (Å²) in [5.74, 6) is 0.624. The number of aryl methyl sites for hydroxylation is 1. The summed E-state index contributed by atoms with van der Waals surface area (Å²) in [6.07, 6.45) is 0.846. The summed E-state index contributed by atoms with van der Waals surface area (Å²) in [5, 5.41) is 3.97. The molecule has 2 aliphatic rings. The van der Waals surface area contributed by atoms with Crippen LogP contribution in [0.5, 0.6) is 0 Å². The molecule has 1 saturated carbocycles. The molecule has 0 amide bonds. The van der Waals surface area contributed by atoms with Crippen LogP contribution in [0.25, 0.3) is 0 Å². The molecule has 1 aromatic rings. The first kappa shape index (κ1) is 13.6. The van der Waals surface area contributed by atoms with Crippen molar-refractivity contribution in [2.24, 2.45) is 17.0 Å². The van der Waals surface area contributed by atoms with Gasteiger partial charge in [-0.05, 0) is 31.4 Å². The van der Waals surface area contributed by atoms with Gasteiger partial charge in [0.1, 0.15) is 7.11 Å². The molecular weight excluding hydrogens is 276 g/mol. The third-order valence-electron chi connectivity index (χ3n) is 4.17. The van der Waals surface area contributed by atoms with Gasteiger partial charge in [0.2, 0.25) is 10.0 Å². The third kappa shape index (κ3) is 2.13. The zero-order valence-electron chi connectivity index (χ0n) is 11.6. The minimum atomic E-state index is -3.38. The van der Waals surface area contributed by atoms with Gasteiger partial charge in [-0.15, -0.1) is 0 Å². The lowest BCUT2D eigenvalue weighted by molar-refractivity contribution is 0.203. The first-order valence-electron chi connectivity index (χ1n) is 6.69. The van der Waals surface area contributed by atoms with E-state index in [-0.39, 0.29) is 5.92 Å².